The van der Waals surface area contributed by atoms with Gasteiger partial charge in [-0.3, -0.25) is 9.59 Å². The third-order valence-corrected chi connectivity index (χ3v) is 4.07. The maximum absolute atomic E-state index is 12.1. The Morgan fingerprint density at radius 2 is 2.17 bits per heavy atom. The van der Waals surface area contributed by atoms with Gasteiger partial charge in [0, 0.05) is 26.1 Å². The molecule has 0 saturated carbocycles. The molecular formula is C17H25N3O3. The Hall–Kier alpha value is -2.08. The van der Waals surface area contributed by atoms with Crippen molar-refractivity contribution in [1.29, 1.82) is 0 Å². The fourth-order valence-corrected chi connectivity index (χ4v) is 2.69. The summed E-state index contributed by atoms with van der Waals surface area (Å²) in [7, 11) is 4.92. The SMILES string of the molecule is COc1cc(C(=O)N(C)C)ccc1NC(=O)CCC1CCNC1. The monoisotopic (exact) mass is 319 g/mol. The molecule has 0 bridgehead atoms. The molecule has 0 radical (unpaired) electrons. The average Bonchev–Trinajstić information content (AvgIpc) is 3.06. The van der Waals surface area contributed by atoms with Crippen LogP contribution in [0.15, 0.2) is 18.2 Å². The van der Waals surface area contributed by atoms with E-state index in [2.05, 4.69) is 10.6 Å². The molecule has 0 aromatic heterocycles. The summed E-state index contributed by atoms with van der Waals surface area (Å²) in [5, 5.41) is 6.17. The van der Waals surface area contributed by atoms with Crippen molar-refractivity contribution in [3.8, 4) is 5.75 Å². The lowest BCUT2D eigenvalue weighted by molar-refractivity contribution is -0.116. The zero-order valence-electron chi connectivity index (χ0n) is 14.0. The summed E-state index contributed by atoms with van der Waals surface area (Å²) in [5.41, 5.74) is 1.12. The van der Waals surface area contributed by atoms with E-state index in [4.69, 9.17) is 4.74 Å². The van der Waals surface area contributed by atoms with Gasteiger partial charge in [-0.25, -0.2) is 0 Å². The molecule has 6 heteroatoms. The highest BCUT2D eigenvalue weighted by atomic mass is 16.5. The minimum Gasteiger partial charge on any atom is -0.495 e. The van der Waals surface area contributed by atoms with Gasteiger partial charge in [-0.15, -0.1) is 0 Å². The Labute approximate surface area is 137 Å². The smallest absolute Gasteiger partial charge is 0.253 e. The molecule has 2 amide bonds. The fourth-order valence-electron chi connectivity index (χ4n) is 2.69. The summed E-state index contributed by atoms with van der Waals surface area (Å²) >= 11 is 0. The Bertz CT molecular complexity index is 566. The fraction of sp³-hybridized carbons (Fsp3) is 0.529. The number of carbonyl (C=O) groups is 2. The highest BCUT2D eigenvalue weighted by molar-refractivity contribution is 5.97. The van der Waals surface area contributed by atoms with Gasteiger partial charge in [-0.05, 0) is 50.0 Å². The maximum atomic E-state index is 12.1. The second kappa shape index (κ2) is 7.97. The van der Waals surface area contributed by atoms with E-state index in [-0.39, 0.29) is 11.8 Å². The normalized spacial score (nSPS) is 16.9. The van der Waals surface area contributed by atoms with Crippen LogP contribution in [0.3, 0.4) is 0 Å². The number of benzene rings is 1. The summed E-state index contributed by atoms with van der Waals surface area (Å²) in [4.78, 5) is 25.6. The van der Waals surface area contributed by atoms with Gasteiger partial charge in [0.2, 0.25) is 5.91 Å². The molecule has 1 aliphatic heterocycles. The van der Waals surface area contributed by atoms with E-state index >= 15 is 0 Å². The zero-order chi connectivity index (χ0) is 16.8. The highest BCUT2D eigenvalue weighted by Crippen LogP contribution is 2.26. The first kappa shape index (κ1) is 17.3. The lowest BCUT2D eigenvalue weighted by Crippen LogP contribution is -2.22. The number of ether oxygens (including phenoxy) is 1. The molecule has 1 aliphatic rings. The topological polar surface area (TPSA) is 70.7 Å². The molecule has 2 N–H and O–H groups in total. The standard InChI is InChI=1S/C17H25N3O3/c1-20(2)17(22)13-5-6-14(15(10-13)23-3)19-16(21)7-4-12-8-9-18-11-12/h5-6,10,12,18H,4,7-9,11H2,1-3H3,(H,19,21). The first-order valence-electron chi connectivity index (χ1n) is 7.91. The Kier molecular flexibility index (Phi) is 5.98. The zero-order valence-corrected chi connectivity index (χ0v) is 14.0. The quantitative estimate of drug-likeness (QED) is 0.838. The molecule has 23 heavy (non-hydrogen) atoms. The van der Waals surface area contributed by atoms with Gasteiger partial charge in [-0.1, -0.05) is 0 Å². The van der Waals surface area contributed by atoms with Gasteiger partial charge >= 0.3 is 0 Å². The predicted molar refractivity (Wildman–Crippen MR) is 89.9 cm³/mol. The van der Waals surface area contributed by atoms with Crippen LogP contribution in [0.1, 0.15) is 29.6 Å². The van der Waals surface area contributed by atoms with Crippen LogP contribution in [-0.4, -0.2) is 51.0 Å². The van der Waals surface area contributed by atoms with E-state index < -0.39 is 0 Å². The third-order valence-electron chi connectivity index (χ3n) is 4.07. The van der Waals surface area contributed by atoms with E-state index in [9.17, 15) is 9.59 Å². The van der Waals surface area contributed by atoms with Gasteiger partial charge < -0.3 is 20.3 Å². The Balaban J connectivity index is 1.98. The summed E-state index contributed by atoms with van der Waals surface area (Å²) < 4.78 is 5.30. The Morgan fingerprint density at radius 1 is 1.39 bits per heavy atom. The molecule has 6 nitrogen and oxygen atoms in total. The van der Waals surface area contributed by atoms with E-state index in [0.717, 1.165) is 25.9 Å². The second-order valence-electron chi connectivity index (χ2n) is 6.06. The summed E-state index contributed by atoms with van der Waals surface area (Å²) in [6, 6.07) is 5.06. The highest BCUT2D eigenvalue weighted by Gasteiger charge is 2.17. The Morgan fingerprint density at radius 3 is 2.78 bits per heavy atom. The van der Waals surface area contributed by atoms with E-state index in [1.54, 1.807) is 32.3 Å². The molecule has 2 rings (SSSR count). The van der Waals surface area contributed by atoms with Crippen molar-refractivity contribution in [2.24, 2.45) is 5.92 Å². The van der Waals surface area contributed by atoms with E-state index in [1.807, 2.05) is 0 Å². The van der Waals surface area contributed by atoms with E-state index in [0.29, 0.717) is 29.3 Å². The number of hydrogen-bond acceptors (Lipinski definition) is 4. The number of nitrogens with zero attached hydrogens (tertiary/aromatic N) is 1. The van der Waals surface area contributed by atoms with Crippen molar-refractivity contribution in [2.45, 2.75) is 19.3 Å². The van der Waals surface area contributed by atoms with Crippen LogP contribution in [0.2, 0.25) is 0 Å². The minimum absolute atomic E-state index is 0.0260. The molecule has 1 fully saturated rings. The molecule has 126 valence electrons. The minimum atomic E-state index is -0.102. The number of carbonyl (C=O) groups excluding carboxylic acids is 2. The third kappa shape index (κ3) is 4.69. The molecule has 1 heterocycles. The van der Waals surface area contributed by atoms with Crippen LogP contribution in [0.5, 0.6) is 5.75 Å². The van der Waals surface area contributed by atoms with Crippen LogP contribution >= 0.6 is 0 Å². The maximum Gasteiger partial charge on any atom is 0.253 e. The number of methoxy groups -OCH3 is 1. The van der Waals surface area contributed by atoms with Crippen molar-refractivity contribution in [1.82, 2.24) is 10.2 Å². The number of nitrogens with one attached hydrogen (secondary N) is 2. The summed E-state index contributed by atoms with van der Waals surface area (Å²) in [5.74, 6) is 0.952. The number of rotatable bonds is 6. The molecule has 1 saturated heterocycles. The molecule has 0 spiro atoms. The van der Waals surface area contributed by atoms with Gasteiger partial charge in [0.05, 0.1) is 12.8 Å². The second-order valence-corrected chi connectivity index (χ2v) is 6.06. The van der Waals surface area contributed by atoms with Crippen molar-refractivity contribution in [3.63, 3.8) is 0 Å². The molecule has 1 aromatic carbocycles. The van der Waals surface area contributed by atoms with Crippen LogP contribution in [0.4, 0.5) is 5.69 Å². The summed E-state index contributed by atoms with van der Waals surface area (Å²) in [6.07, 6.45) is 2.52. The molecule has 0 aliphatic carbocycles. The van der Waals surface area contributed by atoms with Crippen LogP contribution in [-0.2, 0) is 4.79 Å². The van der Waals surface area contributed by atoms with Crippen molar-refractivity contribution in [3.05, 3.63) is 23.8 Å². The lowest BCUT2D eigenvalue weighted by atomic mass is 10.0. The van der Waals surface area contributed by atoms with Crippen molar-refractivity contribution < 1.29 is 14.3 Å². The largest absolute Gasteiger partial charge is 0.495 e. The van der Waals surface area contributed by atoms with Gasteiger partial charge in [0.1, 0.15) is 5.75 Å². The molecular weight excluding hydrogens is 294 g/mol. The van der Waals surface area contributed by atoms with Gasteiger partial charge in [-0.2, -0.15) is 0 Å². The lowest BCUT2D eigenvalue weighted by Gasteiger charge is -2.14. The van der Waals surface area contributed by atoms with E-state index in [1.165, 1.54) is 12.0 Å². The van der Waals surface area contributed by atoms with Crippen molar-refractivity contribution >= 4 is 17.5 Å². The first-order valence-corrected chi connectivity index (χ1v) is 7.91. The number of anilines is 1. The van der Waals surface area contributed by atoms with Gasteiger partial charge in [0.25, 0.3) is 5.91 Å². The number of amides is 2. The average molecular weight is 319 g/mol. The van der Waals surface area contributed by atoms with Crippen LogP contribution < -0.4 is 15.4 Å². The summed E-state index contributed by atoms with van der Waals surface area (Å²) in [6.45, 7) is 2.04. The molecule has 1 unspecified atom stereocenters. The van der Waals surface area contributed by atoms with Crippen LogP contribution in [0, 0.1) is 5.92 Å². The number of hydrogen-bond donors (Lipinski definition) is 2. The van der Waals surface area contributed by atoms with Crippen molar-refractivity contribution in [2.75, 3.05) is 39.6 Å². The molecule has 1 atom stereocenters. The van der Waals surface area contributed by atoms with Gasteiger partial charge in [0.15, 0.2) is 0 Å². The predicted octanol–water partition coefficient (Wildman–Crippen LogP) is 1.73. The first-order chi connectivity index (χ1) is 11.0. The van der Waals surface area contributed by atoms with Crippen LogP contribution in [0.25, 0.3) is 0 Å². The molecule has 1 aromatic rings.